The normalized spacial score (nSPS) is 16.4. The van der Waals surface area contributed by atoms with Crippen molar-refractivity contribution < 1.29 is 0 Å². The van der Waals surface area contributed by atoms with E-state index < -0.39 is 0 Å². The third kappa shape index (κ3) is 4.42. The Bertz CT molecular complexity index is 417. The van der Waals surface area contributed by atoms with Gasteiger partial charge in [0.25, 0.3) is 0 Å². The van der Waals surface area contributed by atoms with Gasteiger partial charge >= 0.3 is 0 Å². The molecule has 0 heterocycles. The van der Waals surface area contributed by atoms with E-state index >= 15 is 0 Å². The molecule has 0 atom stereocenters. The van der Waals surface area contributed by atoms with Gasteiger partial charge in [-0.3, -0.25) is 4.90 Å². The van der Waals surface area contributed by atoms with Gasteiger partial charge in [-0.2, -0.15) is 0 Å². The molecule has 1 aromatic rings. The molecule has 0 unspecified atom stereocenters. The standard InChI is InChI=1S/C14H20Cl2N2.ClH/c1-18(12-5-3-2-4-6-12)9-10-7-11(15)8-13(16)14(10)17;/h7-8,12H,2-6,9,17H2,1H3;1H. The molecule has 0 bridgehead atoms. The molecule has 0 aliphatic heterocycles. The van der Waals surface area contributed by atoms with E-state index in [4.69, 9.17) is 28.9 Å². The molecule has 1 saturated carbocycles. The van der Waals surface area contributed by atoms with E-state index in [2.05, 4.69) is 11.9 Å². The zero-order valence-electron chi connectivity index (χ0n) is 11.2. The third-order valence-corrected chi connectivity index (χ3v) is 4.33. The zero-order valence-corrected chi connectivity index (χ0v) is 13.5. The first-order valence-corrected chi connectivity index (χ1v) is 7.27. The fraction of sp³-hybridized carbons (Fsp3) is 0.571. The molecule has 2 N–H and O–H groups in total. The van der Waals surface area contributed by atoms with E-state index in [1.54, 1.807) is 6.07 Å². The molecule has 0 spiro atoms. The van der Waals surface area contributed by atoms with Crippen LogP contribution in [0, 0.1) is 0 Å². The van der Waals surface area contributed by atoms with Crippen LogP contribution in [-0.4, -0.2) is 18.0 Å². The lowest BCUT2D eigenvalue weighted by atomic mass is 9.94. The van der Waals surface area contributed by atoms with Gasteiger partial charge < -0.3 is 5.73 Å². The maximum atomic E-state index is 6.06. The first-order valence-electron chi connectivity index (χ1n) is 6.51. The van der Waals surface area contributed by atoms with E-state index in [0.29, 0.717) is 21.8 Å². The molecule has 0 radical (unpaired) electrons. The number of hydrogen-bond acceptors (Lipinski definition) is 2. The van der Waals surface area contributed by atoms with Crippen molar-refractivity contribution in [2.24, 2.45) is 0 Å². The summed E-state index contributed by atoms with van der Waals surface area (Å²) in [4.78, 5) is 2.37. The van der Waals surface area contributed by atoms with Crippen LogP contribution in [0.2, 0.25) is 10.0 Å². The van der Waals surface area contributed by atoms with Crippen LogP contribution in [0.25, 0.3) is 0 Å². The summed E-state index contributed by atoms with van der Waals surface area (Å²) in [7, 11) is 2.16. The van der Waals surface area contributed by atoms with Crippen LogP contribution >= 0.6 is 35.6 Å². The highest BCUT2D eigenvalue weighted by atomic mass is 35.5. The molecule has 1 aromatic carbocycles. The summed E-state index contributed by atoms with van der Waals surface area (Å²) in [5.41, 5.74) is 7.70. The van der Waals surface area contributed by atoms with Crippen molar-refractivity contribution in [3.8, 4) is 0 Å². The minimum absolute atomic E-state index is 0. The Morgan fingerprint density at radius 1 is 1.21 bits per heavy atom. The predicted octanol–water partition coefficient (Wildman–Crippen LogP) is 4.76. The summed E-state index contributed by atoms with van der Waals surface area (Å²) in [5.74, 6) is 0. The lowest BCUT2D eigenvalue weighted by molar-refractivity contribution is 0.185. The van der Waals surface area contributed by atoms with Gasteiger partial charge in [0.2, 0.25) is 0 Å². The maximum Gasteiger partial charge on any atom is 0.0653 e. The highest BCUT2D eigenvalue weighted by Crippen LogP contribution is 2.30. The molecule has 108 valence electrons. The number of halogens is 3. The number of nitrogen functional groups attached to an aromatic ring is 1. The van der Waals surface area contributed by atoms with Gasteiger partial charge in [0, 0.05) is 17.6 Å². The molecule has 1 aliphatic carbocycles. The second kappa shape index (κ2) is 7.58. The van der Waals surface area contributed by atoms with Gasteiger partial charge in [0.05, 0.1) is 10.7 Å². The first kappa shape index (κ1) is 16.9. The molecule has 19 heavy (non-hydrogen) atoms. The first-order chi connectivity index (χ1) is 8.58. The monoisotopic (exact) mass is 322 g/mol. The average Bonchev–Trinajstić information content (AvgIpc) is 2.36. The number of rotatable bonds is 3. The molecular formula is C14H21Cl3N2. The smallest absolute Gasteiger partial charge is 0.0653 e. The van der Waals surface area contributed by atoms with Crippen LogP contribution < -0.4 is 5.73 Å². The number of anilines is 1. The van der Waals surface area contributed by atoms with Gasteiger partial charge in [-0.15, -0.1) is 12.4 Å². The van der Waals surface area contributed by atoms with Gasteiger partial charge in [-0.25, -0.2) is 0 Å². The van der Waals surface area contributed by atoms with Crippen molar-refractivity contribution in [2.75, 3.05) is 12.8 Å². The third-order valence-electron chi connectivity index (χ3n) is 3.80. The minimum Gasteiger partial charge on any atom is -0.397 e. The molecule has 0 aromatic heterocycles. The second-order valence-electron chi connectivity index (χ2n) is 5.17. The molecule has 0 amide bonds. The molecular weight excluding hydrogens is 303 g/mol. The van der Waals surface area contributed by atoms with Crippen molar-refractivity contribution in [3.63, 3.8) is 0 Å². The summed E-state index contributed by atoms with van der Waals surface area (Å²) in [6.07, 6.45) is 6.60. The Hall–Kier alpha value is -0.150. The summed E-state index contributed by atoms with van der Waals surface area (Å²) in [5, 5.41) is 1.20. The zero-order chi connectivity index (χ0) is 13.1. The summed E-state index contributed by atoms with van der Waals surface area (Å²) in [6.45, 7) is 0.816. The topological polar surface area (TPSA) is 29.3 Å². The fourth-order valence-corrected chi connectivity index (χ4v) is 3.22. The Morgan fingerprint density at radius 3 is 2.47 bits per heavy atom. The largest absolute Gasteiger partial charge is 0.397 e. The van der Waals surface area contributed by atoms with Crippen LogP contribution in [0.3, 0.4) is 0 Å². The maximum absolute atomic E-state index is 6.06. The van der Waals surface area contributed by atoms with E-state index in [-0.39, 0.29) is 12.4 Å². The van der Waals surface area contributed by atoms with Crippen molar-refractivity contribution in [1.29, 1.82) is 0 Å². The quantitative estimate of drug-likeness (QED) is 0.812. The molecule has 5 heteroatoms. The summed E-state index contributed by atoms with van der Waals surface area (Å²) >= 11 is 12.1. The van der Waals surface area contributed by atoms with E-state index in [1.807, 2.05) is 6.07 Å². The lowest BCUT2D eigenvalue weighted by Crippen LogP contribution is -2.33. The Morgan fingerprint density at radius 2 is 1.84 bits per heavy atom. The van der Waals surface area contributed by atoms with E-state index in [0.717, 1.165) is 12.1 Å². The van der Waals surface area contributed by atoms with Gasteiger partial charge in [0.1, 0.15) is 0 Å². The Kier molecular flexibility index (Phi) is 6.75. The van der Waals surface area contributed by atoms with Crippen molar-refractivity contribution in [1.82, 2.24) is 4.90 Å². The second-order valence-corrected chi connectivity index (χ2v) is 6.01. The Balaban J connectivity index is 0.00000180. The summed E-state index contributed by atoms with van der Waals surface area (Å²) < 4.78 is 0. The van der Waals surface area contributed by atoms with Crippen LogP contribution in [0.15, 0.2) is 12.1 Å². The fourth-order valence-electron chi connectivity index (χ4n) is 2.69. The van der Waals surface area contributed by atoms with Gasteiger partial charge in [0.15, 0.2) is 0 Å². The van der Waals surface area contributed by atoms with Gasteiger partial charge in [-0.05, 0) is 37.6 Å². The van der Waals surface area contributed by atoms with Crippen LogP contribution in [0.5, 0.6) is 0 Å². The van der Waals surface area contributed by atoms with Crippen LogP contribution in [0.4, 0.5) is 5.69 Å². The SMILES string of the molecule is CN(Cc1cc(Cl)cc(Cl)c1N)C1CCCCC1.Cl. The van der Waals surface area contributed by atoms with Crippen molar-refractivity contribution >= 4 is 41.3 Å². The van der Waals surface area contributed by atoms with Crippen LogP contribution in [-0.2, 0) is 6.54 Å². The number of benzene rings is 1. The molecule has 0 saturated heterocycles. The Labute approximate surface area is 131 Å². The highest BCUT2D eigenvalue weighted by molar-refractivity contribution is 6.36. The average molecular weight is 324 g/mol. The van der Waals surface area contributed by atoms with Gasteiger partial charge in [-0.1, -0.05) is 42.5 Å². The van der Waals surface area contributed by atoms with Crippen molar-refractivity contribution in [2.45, 2.75) is 44.7 Å². The number of nitrogens with zero attached hydrogens (tertiary/aromatic N) is 1. The molecule has 2 nitrogen and oxygen atoms in total. The van der Waals surface area contributed by atoms with Crippen LogP contribution in [0.1, 0.15) is 37.7 Å². The summed E-state index contributed by atoms with van der Waals surface area (Å²) in [6, 6.07) is 4.28. The number of nitrogens with two attached hydrogens (primary N) is 1. The molecule has 1 fully saturated rings. The minimum atomic E-state index is 0. The molecule has 1 aliphatic rings. The van der Waals surface area contributed by atoms with Crippen molar-refractivity contribution in [3.05, 3.63) is 27.7 Å². The van der Waals surface area contributed by atoms with E-state index in [9.17, 15) is 0 Å². The molecule has 2 rings (SSSR count). The lowest BCUT2D eigenvalue weighted by Gasteiger charge is -2.31. The van der Waals surface area contributed by atoms with E-state index in [1.165, 1.54) is 32.1 Å². The predicted molar refractivity (Wildman–Crippen MR) is 86.5 cm³/mol. The number of hydrogen-bond donors (Lipinski definition) is 1. The highest BCUT2D eigenvalue weighted by Gasteiger charge is 2.19.